The maximum absolute atomic E-state index is 4.94. The Morgan fingerprint density at radius 2 is 0.828 bits per heavy atom. The van der Waals surface area contributed by atoms with Gasteiger partial charge in [-0.15, -0.1) is 25.5 Å². The Morgan fingerprint density at radius 3 is 0.966 bits per heavy atom. The summed E-state index contributed by atoms with van der Waals surface area (Å²) in [5.74, 6) is 0. The molecule has 2 heterocycles. The summed E-state index contributed by atoms with van der Waals surface area (Å²) in [5.41, 5.74) is 2.07. The summed E-state index contributed by atoms with van der Waals surface area (Å²) >= 11 is 0. The number of nitrogens with zero attached hydrogens (tertiary/aromatic N) is 2. The van der Waals surface area contributed by atoms with E-state index in [1.807, 2.05) is 60.7 Å². The van der Waals surface area contributed by atoms with Crippen LogP contribution in [-0.2, 0) is 35.7 Å². The molecule has 7 heteroatoms. The minimum atomic E-state index is 0. The molecule has 0 aromatic heterocycles. The minimum Gasteiger partial charge on any atom is -1.00 e. The molecular weight excluding hydrogens is 486 g/mol. The van der Waals surface area contributed by atoms with Crippen molar-refractivity contribution in [2.45, 2.75) is 25.7 Å². The molecule has 0 radical (unpaired) electrons. The van der Waals surface area contributed by atoms with Crippen LogP contribution in [0.5, 0.6) is 0 Å². The molecule has 160 valence electrons. The van der Waals surface area contributed by atoms with Gasteiger partial charge in [0.15, 0.2) is 0 Å². The van der Waals surface area contributed by atoms with Crippen molar-refractivity contribution in [3.05, 3.63) is 71.3 Å². The zero-order valence-electron chi connectivity index (χ0n) is 17.4. The molecular formula is C22H32Cl2N2O2Zr. The van der Waals surface area contributed by atoms with Gasteiger partial charge in [-0.3, -0.25) is 0 Å². The Hall–Kier alpha value is -0.577. The van der Waals surface area contributed by atoms with Crippen molar-refractivity contribution in [3.63, 3.8) is 0 Å². The molecule has 2 aliphatic heterocycles. The third kappa shape index (κ3) is 20.5. The summed E-state index contributed by atoms with van der Waals surface area (Å²) in [6.07, 6.45) is 5.11. The second kappa shape index (κ2) is 25.5. The van der Waals surface area contributed by atoms with Gasteiger partial charge < -0.3 is 44.9 Å². The Kier molecular flexibility index (Phi) is 29.0. The van der Waals surface area contributed by atoms with Gasteiger partial charge in [0.1, 0.15) is 0 Å². The fraction of sp³-hybridized carbons (Fsp3) is 0.455. The zero-order chi connectivity index (χ0) is 18.7. The largest absolute Gasteiger partial charge is 4.00 e. The molecule has 2 fully saturated rings. The molecule has 0 bridgehead atoms. The molecule has 0 saturated carbocycles. The number of rotatable bonds is 2. The summed E-state index contributed by atoms with van der Waals surface area (Å²) in [6, 6.07) is 19.7. The van der Waals surface area contributed by atoms with Gasteiger partial charge in [0, 0.05) is 26.4 Å². The van der Waals surface area contributed by atoms with E-state index in [-0.39, 0.29) is 51.0 Å². The first-order valence-electron chi connectivity index (χ1n) is 9.32. The van der Waals surface area contributed by atoms with Gasteiger partial charge in [0.25, 0.3) is 0 Å². The molecule has 0 N–H and O–H groups in total. The van der Waals surface area contributed by atoms with Gasteiger partial charge in [0.2, 0.25) is 0 Å². The van der Waals surface area contributed by atoms with Gasteiger partial charge in [-0.05, 0) is 25.7 Å². The van der Waals surface area contributed by atoms with Crippen LogP contribution in [0.1, 0.15) is 25.7 Å². The van der Waals surface area contributed by atoms with E-state index < -0.39 is 0 Å². The SMILES string of the molecule is C1CCOC1.C1CCOC1.C[N-]c1ccccc1.C[N-]c1ccccc1.[Cl-].[Cl-].[Zr+4]. The first-order valence-corrected chi connectivity index (χ1v) is 9.32. The first-order chi connectivity index (χ1) is 12.9. The number of benzene rings is 2. The van der Waals surface area contributed by atoms with Crippen LogP contribution in [0.2, 0.25) is 0 Å². The average molecular weight is 519 g/mol. The van der Waals surface area contributed by atoms with Crippen LogP contribution >= 0.6 is 0 Å². The van der Waals surface area contributed by atoms with Crippen LogP contribution in [0.3, 0.4) is 0 Å². The molecule has 2 aromatic carbocycles. The monoisotopic (exact) mass is 516 g/mol. The third-order valence-corrected chi connectivity index (χ3v) is 3.68. The molecule has 2 aromatic rings. The van der Waals surface area contributed by atoms with Crippen molar-refractivity contribution >= 4 is 11.4 Å². The topological polar surface area (TPSA) is 46.7 Å². The molecule has 0 amide bonds. The van der Waals surface area contributed by atoms with Crippen molar-refractivity contribution < 1.29 is 60.5 Å². The van der Waals surface area contributed by atoms with E-state index in [4.69, 9.17) is 9.47 Å². The van der Waals surface area contributed by atoms with Crippen LogP contribution in [-0.4, -0.2) is 40.5 Å². The zero-order valence-corrected chi connectivity index (χ0v) is 21.4. The summed E-state index contributed by atoms with van der Waals surface area (Å²) in [4.78, 5) is 0. The maximum Gasteiger partial charge on any atom is 4.00 e. The summed E-state index contributed by atoms with van der Waals surface area (Å²) in [7, 11) is 3.57. The predicted octanol–water partition coefficient (Wildman–Crippen LogP) is 0.242. The maximum atomic E-state index is 4.94. The Balaban J connectivity index is -0.000000306. The van der Waals surface area contributed by atoms with Crippen molar-refractivity contribution in [1.29, 1.82) is 0 Å². The normalized spacial score (nSPS) is 13.0. The molecule has 4 rings (SSSR count). The smallest absolute Gasteiger partial charge is 1.00 e. The van der Waals surface area contributed by atoms with Gasteiger partial charge in [-0.25, -0.2) is 0 Å². The van der Waals surface area contributed by atoms with E-state index in [0.29, 0.717) is 0 Å². The Bertz CT molecular complexity index is 464. The summed E-state index contributed by atoms with van der Waals surface area (Å²) < 4.78 is 9.89. The van der Waals surface area contributed by atoms with Crippen molar-refractivity contribution in [2.75, 3.05) is 40.5 Å². The Morgan fingerprint density at radius 1 is 0.552 bits per heavy atom. The van der Waals surface area contributed by atoms with Crippen LogP contribution in [0.4, 0.5) is 11.4 Å². The number of hydrogen-bond donors (Lipinski definition) is 0. The predicted molar refractivity (Wildman–Crippen MR) is 111 cm³/mol. The molecule has 2 saturated heterocycles. The number of hydrogen-bond acceptors (Lipinski definition) is 2. The van der Waals surface area contributed by atoms with Crippen LogP contribution in [0.15, 0.2) is 60.7 Å². The summed E-state index contributed by atoms with van der Waals surface area (Å²) in [6.45, 7) is 4.00. The second-order valence-electron chi connectivity index (χ2n) is 5.76. The van der Waals surface area contributed by atoms with Crippen molar-refractivity contribution in [3.8, 4) is 0 Å². The van der Waals surface area contributed by atoms with E-state index in [1.165, 1.54) is 25.7 Å². The third-order valence-electron chi connectivity index (χ3n) is 3.68. The number of ether oxygens (including phenoxy) is 2. The fourth-order valence-corrected chi connectivity index (χ4v) is 2.17. The van der Waals surface area contributed by atoms with Crippen LogP contribution in [0, 0.1) is 0 Å². The van der Waals surface area contributed by atoms with E-state index in [1.54, 1.807) is 14.1 Å². The average Bonchev–Trinajstić information content (AvgIpc) is 3.48. The van der Waals surface area contributed by atoms with Crippen LogP contribution < -0.4 is 24.8 Å². The molecule has 0 unspecified atom stereocenters. The second-order valence-corrected chi connectivity index (χ2v) is 5.76. The van der Waals surface area contributed by atoms with E-state index in [9.17, 15) is 0 Å². The summed E-state index contributed by atoms with van der Waals surface area (Å²) in [5, 5.41) is 7.94. The van der Waals surface area contributed by atoms with E-state index >= 15 is 0 Å². The van der Waals surface area contributed by atoms with Crippen LogP contribution in [0.25, 0.3) is 10.6 Å². The quantitative estimate of drug-likeness (QED) is 0.572. The van der Waals surface area contributed by atoms with Gasteiger partial charge >= 0.3 is 26.2 Å². The minimum absolute atomic E-state index is 0. The molecule has 2 aliphatic rings. The first kappa shape index (κ1) is 33.1. The fourth-order valence-electron chi connectivity index (χ4n) is 2.17. The van der Waals surface area contributed by atoms with E-state index in [0.717, 1.165) is 37.8 Å². The van der Waals surface area contributed by atoms with Crippen molar-refractivity contribution in [2.24, 2.45) is 0 Å². The molecule has 0 aliphatic carbocycles. The molecule has 29 heavy (non-hydrogen) atoms. The van der Waals surface area contributed by atoms with Gasteiger partial charge in [-0.2, -0.15) is 0 Å². The van der Waals surface area contributed by atoms with E-state index in [2.05, 4.69) is 10.6 Å². The standard InChI is InChI=1S/2C7H8N.2C4H8O.2ClH.Zr/c2*1-8-7-5-3-2-4-6-7;2*1-2-4-5-3-1;;;/h2*2-6H,1H3;2*1-4H2;2*1H;/q2*-1;;;;;+4/p-2. The van der Waals surface area contributed by atoms with Gasteiger partial charge in [0.05, 0.1) is 0 Å². The molecule has 4 nitrogen and oxygen atoms in total. The molecule has 0 atom stereocenters. The number of para-hydroxylation sites is 2. The van der Waals surface area contributed by atoms with Crippen molar-refractivity contribution in [1.82, 2.24) is 0 Å². The molecule has 0 spiro atoms. The number of halogens is 2. The Labute approximate surface area is 208 Å². The van der Waals surface area contributed by atoms with Gasteiger partial charge in [-0.1, -0.05) is 60.7 Å².